The van der Waals surface area contributed by atoms with Crippen molar-refractivity contribution in [2.45, 2.75) is 13.8 Å². The van der Waals surface area contributed by atoms with E-state index in [0.717, 1.165) is 0 Å². The zero-order valence-corrected chi connectivity index (χ0v) is 10.4. The third-order valence-corrected chi connectivity index (χ3v) is 4.33. The van der Waals surface area contributed by atoms with Crippen LogP contribution in [-0.4, -0.2) is 13.2 Å². The Morgan fingerprint density at radius 3 is 2.19 bits per heavy atom. The van der Waals surface area contributed by atoms with E-state index in [1.54, 1.807) is 24.3 Å². The van der Waals surface area contributed by atoms with E-state index in [4.69, 9.17) is 14.8 Å². The highest BCUT2D eigenvalue weighted by Crippen LogP contribution is 2.52. The average molecular weight is 241 g/mol. The van der Waals surface area contributed by atoms with Crippen molar-refractivity contribution < 1.29 is 13.6 Å². The lowest BCUT2D eigenvalue weighted by molar-refractivity contribution is 0.0463. The van der Waals surface area contributed by atoms with Crippen LogP contribution in [0.4, 0.5) is 5.69 Å². The second-order valence-electron chi connectivity index (χ2n) is 4.80. The molecule has 16 heavy (non-hydrogen) atoms. The summed E-state index contributed by atoms with van der Waals surface area (Å²) >= 11 is 0. The van der Waals surface area contributed by atoms with Gasteiger partial charge in [0.15, 0.2) is 0 Å². The second-order valence-corrected chi connectivity index (χ2v) is 6.83. The molecule has 1 aromatic rings. The lowest BCUT2D eigenvalue weighted by Gasteiger charge is -2.34. The first-order valence-corrected chi connectivity index (χ1v) is 6.71. The molecule has 88 valence electrons. The molecule has 0 amide bonds. The van der Waals surface area contributed by atoms with Gasteiger partial charge in [0.05, 0.1) is 18.5 Å². The predicted octanol–water partition coefficient (Wildman–Crippen LogP) is 2.16. The van der Waals surface area contributed by atoms with Gasteiger partial charge in [-0.25, -0.2) is 0 Å². The fourth-order valence-corrected chi connectivity index (χ4v) is 3.33. The third-order valence-electron chi connectivity index (χ3n) is 2.46. The van der Waals surface area contributed by atoms with Crippen LogP contribution >= 0.6 is 7.60 Å². The van der Waals surface area contributed by atoms with Gasteiger partial charge in [0.25, 0.3) is 0 Å². The summed E-state index contributed by atoms with van der Waals surface area (Å²) in [6.45, 7) is 4.91. The Balaban J connectivity index is 2.22. The van der Waals surface area contributed by atoms with Gasteiger partial charge in [0, 0.05) is 11.1 Å². The molecular weight excluding hydrogens is 225 g/mol. The van der Waals surface area contributed by atoms with Crippen LogP contribution in [-0.2, 0) is 13.6 Å². The highest BCUT2D eigenvalue weighted by atomic mass is 31.2. The van der Waals surface area contributed by atoms with Gasteiger partial charge in [-0.1, -0.05) is 13.8 Å². The van der Waals surface area contributed by atoms with Crippen molar-refractivity contribution in [2.75, 3.05) is 18.9 Å². The first kappa shape index (κ1) is 11.6. The Morgan fingerprint density at radius 2 is 1.69 bits per heavy atom. The second kappa shape index (κ2) is 3.88. The standard InChI is InChI=1S/C11H16NO3P/c1-11(2)7-14-16(13,15-8-11)10-5-3-9(12)4-6-10/h3-6H,7-8,12H2,1-2H3. The fourth-order valence-electron chi connectivity index (χ4n) is 1.40. The Hall–Kier alpha value is -0.830. The van der Waals surface area contributed by atoms with Crippen molar-refractivity contribution in [2.24, 2.45) is 5.41 Å². The molecule has 0 unspecified atom stereocenters. The SMILES string of the molecule is CC1(C)COP(=O)(c2ccc(N)cc2)OC1. The molecule has 1 aliphatic heterocycles. The van der Waals surface area contributed by atoms with E-state index >= 15 is 0 Å². The summed E-state index contributed by atoms with van der Waals surface area (Å²) in [6, 6.07) is 6.77. The van der Waals surface area contributed by atoms with E-state index in [-0.39, 0.29) is 5.41 Å². The van der Waals surface area contributed by atoms with Crippen LogP contribution in [0.25, 0.3) is 0 Å². The molecule has 1 heterocycles. The summed E-state index contributed by atoms with van der Waals surface area (Å²) in [5.74, 6) is 0. The average Bonchev–Trinajstić information content (AvgIpc) is 2.24. The fraction of sp³-hybridized carbons (Fsp3) is 0.455. The van der Waals surface area contributed by atoms with Crippen LogP contribution in [0, 0.1) is 5.41 Å². The van der Waals surface area contributed by atoms with Crippen molar-refractivity contribution >= 4 is 18.6 Å². The zero-order valence-electron chi connectivity index (χ0n) is 9.47. The molecule has 0 radical (unpaired) electrons. The molecule has 1 fully saturated rings. The molecule has 1 saturated heterocycles. The number of hydrogen-bond acceptors (Lipinski definition) is 4. The topological polar surface area (TPSA) is 61.5 Å². The lowest BCUT2D eigenvalue weighted by atomic mass is 9.97. The molecule has 1 aliphatic rings. The van der Waals surface area contributed by atoms with Crippen molar-refractivity contribution in [3.05, 3.63) is 24.3 Å². The minimum Gasteiger partial charge on any atom is -0.399 e. The van der Waals surface area contributed by atoms with Gasteiger partial charge in [-0.05, 0) is 24.3 Å². The Kier molecular flexibility index (Phi) is 2.82. The Bertz CT molecular complexity index is 413. The first-order valence-electron chi connectivity index (χ1n) is 5.17. The number of rotatable bonds is 1. The summed E-state index contributed by atoms with van der Waals surface area (Å²) in [5, 5.41) is 0.567. The summed E-state index contributed by atoms with van der Waals surface area (Å²) in [6.07, 6.45) is 0. The minimum absolute atomic E-state index is 0.0816. The van der Waals surface area contributed by atoms with E-state index in [9.17, 15) is 4.57 Å². The molecule has 0 aromatic heterocycles. The van der Waals surface area contributed by atoms with Crippen LogP contribution in [0.1, 0.15) is 13.8 Å². The maximum Gasteiger partial charge on any atom is 0.361 e. The maximum absolute atomic E-state index is 12.3. The van der Waals surface area contributed by atoms with Gasteiger partial charge >= 0.3 is 7.60 Å². The lowest BCUT2D eigenvalue weighted by Crippen LogP contribution is -2.31. The van der Waals surface area contributed by atoms with E-state index in [1.165, 1.54) is 0 Å². The van der Waals surface area contributed by atoms with Gasteiger partial charge in [-0.2, -0.15) is 0 Å². The van der Waals surface area contributed by atoms with E-state index < -0.39 is 7.60 Å². The van der Waals surface area contributed by atoms with Crippen molar-refractivity contribution in [3.63, 3.8) is 0 Å². The largest absolute Gasteiger partial charge is 0.399 e. The Morgan fingerprint density at radius 1 is 1.19 bits per heavy atom. The number of benzene rings is 1. The summed E-state index contributed by atoms with van der Waals surface area (Å²) in [4.78, 5) is 0. The van der Waals surface area contributed by atoms with Crippen molar-refractivity contribution in [1.82, 2.24) is 0 Å². The highest BCUT2D eigenvalue weighted by Gasteiger charge is 2.37. The van der Waals surface area contributed by atoms with Gasteiger partial charge in [0.1, 0.15) is 0 Å². The smallest absolute Gasteiger partial charge is 0.361 e. The molecule has 1 aromatic carbocycles. The highest BCUT2D eigenvalue weighted by molar-refractivity contribution is 7.62. The van der Waals surface area contributed by atoms with E-state index in [2.05, 4.69) is 0 Å². The van der Waals surface area contributed by atoms with Gasteiger partial charge < -0.3 is 14.8 Å². The summed E-state index contributed by atoms with van der Waals surface area (Å²) in [7, 11) is -3.12. The third kappa shape index (κ3) is 2.29. The number of anilines is 1. The molecule has 0 aliphatic carbocycles. The summed E-state index contributed by atoms with van der Waals surface area (Å²) in [5.41, 5.74) is 6.12. The molecule has 0 atom stereocenters. The molecule has 2 N–H and O–H groups in total. The zero-order chi connectivity index (χ0) is 11.8. The monoisotopic (exact) mass is 241 g/mol. The van der Waals surface area contributed by atoms with E-state index in [0.29, 0.717) is 24.2 Å². The van der Waals surface area contributed by atoms with Gasteiger partial charge in [-0.3, -0.25) is 4.57 Å². The normalized spacial score (nSPS) is 22.9. The molecule has 0 bridgehead atoms. The minimum atomic E-state index is -3.12. The summed E-state index contributed by atoms with van der Waals surface area (Å²) < 4.78 is 23.1. The molecule has 5 heteroatoms. The predicted molar refractivity (Wildman–Crippen MR) is 63.8 cm³/mol. The quantitative estimate of drug-likeness (QED) is 0.604. The number of nitrogens with two attached hydrogens (primary N) is 1. The van der Waals surface area contributed by atoms with Crippen LogP contribution in [0.2, 0.25) is 0 Å². The van der Waals surface area contributed by atoms with Crippen LogP contribution in [0.5, 0.6) is 0 Å². The first-order chi connectivity index (χ1) is 7.41. The van der Waals surface area contributed by atoms with Crippen LogP contribution in [0.15, 0.2) is 24.3 Å². The molecular formula is C11H16NO3P. The number of nitrogen functional groups attached to an aromatic ring is 1. The van der Waals surface area contributed by atoms with Crippen molar-refractivity contribution in [1.29, 1.82) is 0 Å². The molecule has 0 spiro atoms. The molecule has 2 rings (SSSR count). The van der Waals surface area contributed by atoms with Gasteiger partial charge in [-0.15, -0.1) is 0 Å². The van der Waals surface area contributed by atoms with Gasteiger partial charge in [0.2, 0.25) is 0 Å². The maximum atomic E-state index is 12.3. The molecule has 4 nitrogen and oxygen atoms in total. The molecule has 0 saturated carbocycles. The number of hydrogen-bond donors (Lipinski definition) is 1. The Labute approximate surface area is 95.3 Å². The van der Waals surface area contributed by atoms with Crippen LogP contribution in [0.3, 0.4) is 0 Å². The van der Waals surface area contributed by atoms with Crippen molar-refractivity contribution in [3.8, 4) is 0 Å². The van der Waals surface area contributed by atoms with E-state index in [1.807, 2.05) is 13.8 Å². The van der Waals surface area contributed by atoms with Crippen LogP contribution < -0.4 is 11.0 Å².